The smallest absolute Gasteiger partial charge is 0.134 e. The predicted octanol–water partition coefficient (Wildman–Crippen LogP) is 2.83. The third-order valence-corrected chi connectivity index (χ3v) is 2.66. The molecule has 2 aromatic rings. The van der Waals surface area contributed by atoms with Gasteiger partial charge in [-0.25, -0.2) is 4.39 Å². The molecule has 0 fully saturated rings. The van der Waals surface area contributed by atoms with Gasteiger partial charge in [0.15, 0.2) is 0 Å². The van der Waals surface area contributed by atoms with Crippen LogP contribution in [0.25, 0.3) is 11.0 Å². The van der Waals surface area contributed by atoms with Crippen LogP contribution in [-0.2, 0) is 17.9 Å². The SMILES string of the molecule is CCNCc1oc2ccc(F)cc2c1COC. The molecular formula is C13H16FNO2. The number of nitrogens with one attached hydrogen (secondary N) is 1. The van der Waals surface area contributed by atoms with Gasteiger partial charge in [-0.2, -0.15) is 0 Å². The first kappa shape index (κ1) is 12.1. The second-order valence-corrected chi connectivity index (χ2v) is 3.86. The minimum Gasteiger partial charge on any atom is -0.459 e. The van der Waals surface area contributed by atoms with Crippen molar-refractivity contribution in [1.29, 1.82) is 0 Å². The molecule has 0 radical (unpaired) electrons. The van der Waals surface area contributed by atoms with Crippen molar-refractivity contribution in [2.24, 2.45) is 0 Å². The highest BCUT2D eigenvalue weighted by Crippen LogP contribution is 2.27. The topological polar surface area (TPSA) is 34.4 Å². The maximum Gasteiger partial charge on any atom is 0.134 e. The standard InChI is InChI=1S/C13H16FNO2/c1-3-15-7-13-11(8-16-2)10-6-9(14)4-5-12(10)17-13/h4-6,15H,3,7-8H2,1-2H3. The van der Waals surface area contributed by atoms with E-state index in [-0.39, 0.29) is 5.82 Å². The zero-order valence-electron chi connectivity index (χ0n) is 10.0. The minimum atomic E-state index is -0.259. The van der Waals surface area contributed by atoms with Crippen molar-refractivity contribution in [1.82, 2.24) is 5.32 Å². The van der Waals surface area contributed by atoms with Gasteiger partial charge >= 0.3 is 0 Å². The van der Waals surface area contributed by atoms with Crippen LogP contribution < -0.4 is 5.32 Å². The summed E-state index contributed by atoms with van der Waals surface area (Å²) >= 11 is 0. The fraction of sp³-hybridized carbons (Fsp3) is 0.385. The average molecular weight is 237 g/mol. The number of ether oxygens (including phenoxy) is 1. The molecule has 0 aliphatic rings. The molecule has 17 heavy (non-hydrogen) atoms. The van der Waals surface area contributed by atoms with Gasteiger partial charge in [0, 0.05) is 18.1 Å². The molecule has 1 N–H and O–H groups in total. The zero-order chi connectivity index (χ0) is 12.3. The van der Waals surface area contributed by atoms with Gasteiger partial charge in [-0.15, -0.1) is 0 Å². The predicted molar refractivity (Wildman–Crippen MR) is 64.3 cm³/mol. The van der Waals surface area contributed by atoms with Crippen molar-refractivity contribution >= 4 is 11.0 Å². The Kier molecular flexibility index (Phi) is 3.76. The maximum atomic E-state index is 13.2. The Hall–Kier alpha value is -1.39. The number of rotatable bonds is 5. The van der Waals surface area contributed by atoms with E-state index in [1.165, 1.54) is 12.1 Å². The van der Waals surface area contributed by atoms with Crippen LogP contribution in [0.3, 0.4) is 0 Å². The van der Waals surface area contributed by atoms with Crippen LogP contribution in [0.2, 0.25) is 0 Å². The molecule has 1 aromatic carbocycles. The van der Waals surface area contributed by atoms with E-state index < -0.39 is 0 Å². The molecule has 0 saturated carbocycles. The summed E-state index contributed by atoms with van der Waals surface area (Å²) in [5.41, 5.74) is 1.62. The molecule has 0 aliphatic heterocycles. The van der Waals surface area contributed by atoms with Crippen molar-refractivity contribution in [3.8, 4) is 0 Å². The fourth-order valence-electron chi connectivity index (χ4n) is 1.86. The average Bonchev–Trinajstić information content (AvgIpc) is 2.65. The lowest BCUT2D eigenvalue weighted by Crippen LogP contribution is -2.12. The third-order valence-electron chi connectivity index (χ3n) is 2.66. The van der Waals surface area contributed by atoms with E-state index in [0.717, 1.165) is 23.3 Å². The molecule has 0 amide bonds. The number of hydrogen-bond donors (Lipinski definition) is 1. The van der Waals surface area contributed by atoms with E-state index in [1.807, 2.05) is 6.92 Å². The van der Waals surface area contributed by atoms with E-state index in [9.17, 15) is 4.39 Å². The molecular weight excluding hydrogens is 221 g/mol. The molecule has 3 nitrogen and oxygen atoms in total. The number of hydrogen-bond acceptors (Lipinski definition) is 3. The van der Waals surface area contributed by atoms with Crippen molar-refractivity contribution in [3.63, 3.8) is 0 Å². The summed E-state index contributed by atoms with van der Waals surface area (Å²) in [6.07, 6.45) is 0. The largest absolute Gasteiger partial charge is 0.459 e. The van der Waals surface area contributed by atoms with Crippen LogP contribution in [0, 0.1) is 5.82 Å². The molecule has 0 spiro atoms. The number of benzene rings is 1. The van der Waals surface area contributed by atoms with Gasteiger partial charge in [0.25, 0.3) is 0 Å². The van der Waals surface area contributed by atoms with Crippen molar-refractivity contribution < 1.29 is 13.5 Å². The summed E-state index contributed by atoms with van der Waals surface area (Å²) in [7, 11) is 1.62. The van der Waals surface area contributed by atoms with Crippen molar-refractivity contribution in [3.05, 3.63) is 35.3 Å². The number of halogens is 1. The highest BCUT2D eigenvalue weighted by molar-refractivity contribution is 5.82. The molecule has 0 bridgehead atoms. The summed E-state index contributed by atoms with van der Waals surface area (Å²) in [5, 5.41) is 3.99. The van der Waals surface area contributed by atoms with Gasteiger partial charge in [-0.3, -0.25) is 0 Å². The Morgan fingerprint density at radius 2 is 2.24 bits per heavy atom. The lowest BCUT2D eigenvalue weighted by atomic mass is 10.1. The van der Waals surface area contributed by atoms with Gasteiger partial charge in [0.1, 0.15) is 17.2 Å². The van der Waals surface area contributed by atoms with Gasteiger partial charge in [-0.05, 0) is 24.7 Å². The van der Waals surface area contributed by atoms with E-state index in [4.69, 9.17) is 9.15 Å². The molecule has 0 saturated heterocycles. The number of furan rings is 1. The quantitative estimate of drug-likeness (QED) is 0.868. The lowest BCUT2D eigenvalue weighted by molar-refractivity contribution is 0.183. The van der Waals surface area contributed by atoms with E-state index in [0.29, 0.717) is 18.7 Å². The highest BCUT2D eigenvalue weighted by atomic mass is 19.1. The molecule has 0 unspecified atom stereocenters. The Morgan fingerprint density at radius 1 is 1.41 bits per heavy atom. The third kappa shape index (κ3) is 2.48. The maximum absolute atomic E-state index is 13.2. The normalized spacial score (nSPS) is 11.2. The Balaban J connectivity index is 2.46. The second kappa shape index (κ2) is 5.29. The molecule has 0 atom stereocenters. The van der Waals surface area contributed by atoms with Crippen molar-refractivity contribution in [2.45, 2.75) is 20.1 Å². The van der Waals surface area contributed by atoms with E-state index >= 15 is 0 Å². The number of fused-ring (bicyclic) bond motifs is 1. The van der Waals surface area contributed by atoms with Gasteiger partial charge in [0.2, 0.25) is 0 Å². The first-order valence-electron chi connectivity index (χ1n) is 5.65. The van der Waals surface area contributed by atoms with Crippen LogP contribution in [0.5, 0.6) is 0 Å². The molecule has 1 aromatic heterocycles. The number of methoxy groups -OCH3 is 1. The Labute approximate surface area is 99.6 Å². The summed E-state index contributed by atoms with van der Waals surface area (Å²) in [6, 6.07) is 4.54. The summed E-state index contributed by atoms with van der Waals surface area (Å²) in [4.78, 5) is 0. The van der Waals surface area contributed by atoms with Crippen LogP contribution in [0.15, 0.2) is 22.6 Å². The zero-order valence-corrected chi connectivity index (χ0v) is 10.0. The van der Waals surface area contributed by atoms with Crippen LogP contribution in [0.4, 0.5) is 4.39 Å². The lowest BCUT2D eigenvalue weighted by Gasteiger charge is -2.02. The Bertz CT molecular complexity index is 507. The molecule has 2 rings (SSSR count). The van der Waals surface area contributed by atoms with Crippen LogP contribution >= 0.6 is 0 Å². The van der Waals surface area contributed by atoms with E-state index in [1.54, 1.807) is 13.2 Å². The Morgan fingerprint density at radius 3 is 2.94 bits per heavy atom. The monoisotopic (exact) mass is 237 g/mol. The summed E-state index contributed by atoms with van der Waals surface area (Å²) < 4.78 is 24.1. The minimum absolute atomic E-state index is 0.259. The first-order valence-corrected chi connectivity index (χ1v) is 5.65. The summed E-state index contributed by atoms with van der Waals surface area (Å²) in [5.74, 6) is 0.556. The van der Waals surface area contributed by atoms with Gasteiger partial charge < -0.3 is 14.5 Å². The van der Waals surface area contributed by atoms with Crippen LogP contribution in [-0.4, -0.2) is 13.7 Å². The van der Waals surface area contributed by atoms with E-state index in [2.05, 4.69) is 5.32 Å². The summed E-state index contributed by atoms with van der Waals surface area (Å²) in [6.45, 7) is 3.94. The first-order chi connectivity index (χ1) is 8.26. The van der Waals surface area contributed by atoms with Gasteiger partial charge in [0.05, 0.1) is 13.2 Å². The fourth-order valence-corrected chi connectivity index (χ4v) is 1.86. The molecule has 0 aliphatic carbocycles. The second-order valence-electron chi connectivity index (χ2n) is 3.86. The van der Waals surface area contributed by atoms with Gasteiger partial charge in [-0.1, -0.05) is 6.92 Å². The highest BCUT2D eigenvalue weighted by Gasteiger charge is 2.14. The molecule has 1 heterocycles. The van der Waals surface area contributed by atoms with Crippen LogP contribution in [0.1, 0.15) is 18.2 Å². The molecule has 92 valence electrons. The van der Waals surface area contributed by atoms with Crippen molar-refractivity contribution in [2.75, 3.05) is 13.7 Å². The molecule has 4 heteroatoms.